The van der Waals surface area contributed by atoms with Crippen LogP contribution >= 0.6 is 0 Å². The van der Waals surface area contributed by atoms with Gasteiger partial charge in [-0.2, -0.15) is 0 Å². The highest BCUT2D eigenvalue weighted by Crippen LogP contribution is 2.50. The third kappa shape index (κ3) is 16.4. The Labute approximate surface area is 653 Å². The van der Waals surface area contributed by atoms with Crippen molar-refractivity contribution in [2.75, 3.05) is 14.7 Å². The zero-order valence-electron chi connectivity index (χ0n) is 61.6. The maximum absolute atomic E-state index is 2.42. The van der Waals surface area contributed by atoms with Crippen LogP contribution in [0.4, 0.5) is 51.2 Å². The second-order valence-corrected chi connectivity index (χ2v) is 27.0. The number of rotatable bonds is 18. The van der Waals surface area contributed by atoms with Gasteiger partial charge in [0.25, 0.3) is 0 Å². The first-order chi connectivity index (χ1) is 55.1. The van der Waals surface area contributed by atoms with Crippen molar-refractivity contribution in [3.05, 3.63) is 491 Å². The molecular weight excluding hydrogens is 1340 g/mol. The smallest absolute Gasteiger partial charge is 0.0540 e. The molecule has 18 aromatic carbocycles. The summed E-state index contributed by atoms with van der Waals surface area (Å²) in [4.78, 5) is 7.18. The van der Waals surface area contributed by atoms with Gasteiger partial charge in [0.1, 0.15) is 0 Å². The van der Waals surface area contributed by atoms with Crippen molar-refractivity contribution in [1.29, 1.82) is 0 Å². The normalized spacial score (nSPS) is 10.7. The molecule has 3 nitrogen and oxygen atoms in total. The highest BCUT2D eigenvalue weighted by molar-refractivity contribution is 5.99. The number of nitrogens with zero attached hydrogens (tertiary/aromatic N) is 3. The van der Waals surface area contributed by atoms with E-state index in [4.69, 9.17) is 0 Å². The molecule has 0 saturated heterocycles. The summed E-state index contributed by atoms with van der Waals surface area (Å²) in [6.45, 7) is 0. The van der Waals surface area contributed by atoms with Crippen molar-refractivity contribution in [2.24, 2.45) is 0 Å². The van der Waals surface area contributed by atoms with Gasteiger partial charge in [-0.25, -0.2) is 0 Å². The van der Waals surface area contributed by atoms with Crippen LogP contribution in [0.25, 0.3) is 100 Å². The second-order valence-electron chi connectivity index (χ2n) is 27.0. The summed E-state index contributed by atoms with van der Waals surface area (Å²) in [6, 6.07) is 174. The number of anilines is 9. The van der Waals surface area contributed by atoms with Gasteiger partial charge >= 0.3 is 0 Å². The lowest BCUT2D eigenvalue weighted by Gasteiger charge is -2.31. The van der Waals surface area contributed by atoms with Crippen molar-refractivity contribution >= 4 is 51.2 Å². The Bertz CT molecular complexity index is 5690. The van der Waals surface area contributed by atoms with E-state index in [1.807, 2.05) is 0 Å². The highest BCUT2D eigenvalue weighted by Gasteiger charge is 2.25. The first kappa shape index (κ1) is 70.7. The van der Waals surface area contributed by atoms with Gasteiger partial charge in [-0.05, 0) is 140 Å². The molecule has 0 spiro atoms. The Morgan fingerprint density at radius 3 is 0.541 bits per heavy atom. The molecule has 0 aliphatic carbocycles. The molecule has 0 amide bonds. The zero-order valence-corrected chi connectivity index (χ0v) is 61.6. The molecule has 528 valence electrons. The fraction of sp³-hybridized carbons (Fsp3) is 0. The van der Waals surface area contributed by atoms with Crippen LogP contribution in [0.2, 0.25) is 0 Å². The number of para-hydroxylation sites is 6. The van der Waals surface area contributed by atoms with E-state index in [-0.39, 0.29) is 0 Å². The second kappa shape index (κ2) is 34.7. The fourth-order valence-electron chi connectivity index (χ4n) is 14.7. The van der Waals surface area contributed by atoms with Crippen LogP contribution < -0.4 is 14.7 Å². The lowest BCUT2D eigenvalue weighted by atomic mass is 9.96. The molecule has 0 heterocycles. The lowest BCUT2D eigenvalue weighted by Crippen LogP contribution is -2.13. The molecule has 3 heteroatoms. The van der Waals surface area contributed by atoms with Crippen LogP contribution in [0.15, 0.2) is 491 Å². The Kier molecular flexibility index (Phi) is 22.1. The summed E-state index contributed by atoms with van der Waals surface area (Å²) in [6.07, 6.45) is 0. The Morgan fingerprint density at radius 1 is 0.0991 bits per heavy atom. The van der Waals surface area contributed by atoms with Crippen LogP contribution in [0.3, 0.4) is 0 Å². The highest BCUT2D eigenvalue weighted by atomic mass is 15.2. The largest absolute Gasteiger partial charge is 0.310 e. The van der Waals surface area contributed by atoms with Crippen LogP contribution in [-0.2, 0) is 0 Å². The van der Waals surface area contributed by atoms with Crippen LogP contribution in [0, 0.1) is 0 Å². The minimum Gasteiger partial charge on any atom is -0.310 e. The quantitative estimate of drug-likeness (QED) is 0.0848. The van der Waals surface area contributed by atoms with E-state index >= 15 is 0 Å². The van der Waals surface area contributed by atoms with E-state index in [1.165, 1.54) is 100 Å². The van der Waals surface area contributed by atoms with E-state index in [9.17, 15) is 0 Å². The molecule has 0 saturated carbocycles. The number of hydrogen-bond acceptors (Lipinski definition) is 3. The molecule has 18 rings (SSSR count). The molecule has 0 aliphatic rings. The van der Waals surface area contributed by atoms with Gasteiger partial charge in [0.05, 0.1) is 34.1 Å². The molecule has 0 aliphatic heterocycles. The maximum Gasteiger partial charge on any atom is 0.0540 e. The Balaban J connectivity index is 0.000000126. The minimum absolute atomic E-state index is 1.12. The average molecular weight is 1420 g/mol. The minimum atomic E-state index is 1.12. The monoisotopic (exact) mass is 1420 g/mol. The lowest BCUT2D eigenvalue weighted by molar-refractivity contribution is 1.28. The van der Waals surface area contributed by atoms with Crippen molar-refractivity contribution in [1.82, 2.24) is 0 Å². The Morgan fingerprint density at radius 2 is 0.279 bits per heavy atom. The molecule has 0 bridgehead atoms. The molecule has 0 fully saturated rings. The van der Waals surface area contributed by atoms with Crippen molar-refractivity contribution in [2.45, 2.75) is 0 Å². The van der Waals surface area contributed by atoms with E-state index in [0.717, 1.165) is 51.2 Å². The standard InChI is InChI=1S/3C36H27N/c1-4-16-28(17-5-1)31-22-10-13-25-34(31)37(35-26-14-11-23-32(35)29-18-6-2-7-19-29)36-27-15-12-24-33(36)30-20-8-3-9-21-30;1-4-14-28(15-5-1)29-24-26-32(27-25-29)37(35-22-12-10-20-33(35)30-16-6-2-7-17-30)36-23-13-11-21-34(36)31-18-8-3-9-19-31;1-4-13-28(14-5-1)30-23-25-33(26-24-30)37(34-20-12-19-32(27-34)29-15-6-2-7-16-29)36-22-11-10-21-35(36)31-17-8-3-9-18-31/h3*1-27H. The van der Waals surface area contributed by atoms with Crippen LogP contribution in [0.1, 0.15) is 0 Å². The SMILES string of the molecule is c1ccc(-c2ccc(N(c3cccc(-c4ccccc4)c3)c3ccccc3-c3ccccc3)cc2)cc1.c1ccc(-c2ccc(N(c3ccccc3-c3ccccc3)c3ccccc3-c3ccccc3)cc2)cc1.c1ccc(-c2ccccc2N(c2ccccc2-c2ccccc2)c2ccccc2-c2ccccc2)cc1. The molecule has 0 atom stereocenters. The third-order valence-electron chi connectivity index (χ3n) is 20.1. The molecule has 0 aromatic heterocycles. The van der Waals surface area contributed by atoms with Gasteiger partial charge in [0.15, 0.2) is 0 Å². The van der Waals surface area contributed by atoms with E-state index < -0.39 is 0 Å². The fourth-order valence-corrected chi connectivity index (χ4v) is 14.7. The molecule has 0 unspecified atom stereocenters. The summed E-state index contributed by atoms with van der Waals surface area (Å²) in [5.41, 5.74) is 31.8. The average Bonchev–Trinajstić information content (AvgIpc) is 1.59. The van der Waals surface area contributed by atoms with Crippen LogP contribution in [-0.4, -0.2) is 0 Å². The molecular formula is C108H81N3. The van der Waals surface area contributed by atoms with Gasteiger partial charge in [-0.15, -0.1) is 0 Å². The van der Waals surface area contributed by atoms with E-state index in [2.05, 4.69) is 506 Å². The Hall–Kier alpha value is -14.6. The maximum atomic E-state index is 2.42. The summed E-state index contributed by atoms with van der Waals surface area (Å²) < 4.78 is 0. The summed E-state index contributed by atoms with van der Waals surface area (Å²) in [5.74, 6) is 0. The zero-order chi connectivity index (χ0) is 74.6. The molecule has 111 heavy (non-hydrogen) atoms. The molecule has 0 radical (unpaired) electrons. The first-order valence-electron chi connectivity index (χ1n) is 37.9. The molecule has 0 N–H and O–H groups in total. The van der Waals surface area contributed by atoms with E-state index in [0.29, 0.717) is 0 Å². The van der Waals surface area contributed by atoms with Crippen molar-refractivity contribution in [3.63, 3.8) is 0 Å². The van der Waals surface area contributed by atoms with Gasteiger partial charge in [-0.3, -0.25) is 0 Å². The van der Waals surface area contributed by atoms with Gasteiger partial charge in [-0.1, -0.05) is 419 Å². The number of hydrogen-bond donors (Lipinski definition) is 0. The van der Waals surface area contributed by atoms with Gasteiger partial charge < -0.3 is 14.7 Å². The molecule has 18 aromatic rings. The van der Waals surface area contributed by atoms with Gasteiger partial charge in [0, 0.05) is 50.4 Å². The van der Waals surface area contributed by atoms with Crippen molar-refractivity contribution in [3.8, 4) is 100 Å². The number of benzene rings is 18. The predicted molar refractivity (Wildman–Crippen MR) is 472 cm³/mol. The van der Waals surface area contributed by atoms with Crippen LogP contribution in [0.5, 0.6) is 0 Å². The summed E-state index contributed by atoms with van der Waals surface area (Å²) in [5, 5.41) is 0. The first-order valence-corrected chi connectivity index (χ1v) is 37.9. The summed E-state index contributed by atoms with van der Waals surface area (Å²) in [7, 11) is 0. The van der Waals surface area contributed by atoms with Crippen molar-refractivity contribution < 1.29 is 0 Å². The van der Waals surface area contributed by atoms with Gasteiger partial charge in [0.2, 0.25) is 0 Å². The topological polar surface area (TPSA) is 9.72 Å². The van der Waals surface area contributed by atoms with E-state index in [1.54, 1.807) is 0 Å². The third-order valence-corrected chi connectivity index (χ3v) is 20.1. The predicted octanol–water partition coefficient (Wildman–Crippen LogP) is 30.5. The summed E-state index contributed by atoms with van der Waals surface area (Å²) >= 11 is 0.